The summed E-state index contributed by atoms with van der Waals surface area (Å²) >= 11 is 3.60. The number of nitrogens with one attached hydrogen (secondary N) is 1. The van der Waals surface area contributed by atoms with Crippen molar-refractivity contribution in [1.29, 1.82) is 0 Å². The number of amides is 2. The van der Waals surface area contributed by atoms with Crippen molar-refractivity contribution >= 4 is 44.3 Å². The van der Waals surface area contributed by atoms with E-state index in [-0.39, 0.29) is 23.8 Å². The number of carbonyl (C=O) groups is 2. The Kier molecular flexibility index (Phi) is 9.59. The van der Waals surface area contributed by atoms with Crippen LogP contribution in [-0.4, -0.2) is 78.0 Å². The highest BCUT2D eigenvalue weighted by atomic mass is 79.9. The highest BCUT2D eigenvalue weighted by Crippen LogP contribution is 2.33. The number of ether oxygens (including phenoxy) is 2. The summed E-state index contributed by atoms with van der Waals surface area (Å²) in [4.78, 5) is 29.1. The normalized spacial score (nSPS) is 24.0. The van der Waals surface area contributed by atoms with Gasteiger partial charge in [0.1, 0.15) is 5.75 Å². The lowest BCUT2D eigenvalue weighted by Crippen LogP contribution is -2.48. The predicted molar refractivity (Wildman–Crippen MR) is 175 cm³/mol. The van der Waals surface area contributed by atoms with Crippen molar-refractivity contribution in [2.24, 2.45) is 13.0 Å². The van der Waals surface area contributed by atoms with E-state index in [1.807, 2.05) is 17.8 Å². The number of imide groups is 1. The first-order chi connectivity index (χ1) is 21.2. The molecule has 6 rings (SSSR count). The Morgan fingerprint density at radius 1 is 1.02 bits per heavy atom. The van der Waals surface area contributed by atoms with E-state index >= 15 is 0 Å². The molecule has 1 unspecified atom stereocenters. The molecule has 3 heterocycles. The van der Waals surface area contributed by atoms with Crippen LogP contribution in [0.25, 0.3) is 10.9 Å². The molecule has 1 aromatic heterocycles. The Bertz CT molecular complexity index is 1490. The summed E-state index contributed by atoms with van der Waals surface area (Å²) in [5.41, 5.74) is 4.12. The molecule has 10 heteroatoms. The van der Waals surface area contributed by atoms with Crippen LogP contribution in [0.2, 0.25) is 0 Å². The Balaban J connectivity index is 0.941. The van der Waals surface area contributed by atoms with Gasteiger partial charge >= 0.3 is 0 Å². The van der Waals surface area contributed by atoms with Gasteiger partial charge in [-0.25, -0.2) is 0 Å². The Labute approximate surface area is 268 Å². The van der Waals surface area contributed by atoms with Crippen molar-refractivity contribution in [3.05, 3.63) is 52.1 Å². The molecule has 2 saturated heterocycles. The van der Waals surface area contributed by atoms with Gasteiger partial charge < -0.3 is 14.4 Å². The third-order valence-electron chi connectivity index (χ3n) is 9.49. The molecule has 9 nitrogen and oxygen atoms in total. The van der Waals surface area contributed by atoms with Crippen LogP contribution < -0.4 is 15.0 Å². The lowest BCUT2D eigenvalue weighted by molar-refractivity contribution is -0.134. The minimum Gasteiger partial charge on any atom is -0.490 e. The summed E-state index contributed by atoms with van der Waals surface area (Å²) in [5.74, 6) is 0.634. The molecule has 2 atom stereocenters. The Morgan fingerprint density at radius 2 is 1.77 bits per heavy atom. The summed E-state index contributed by atoms with van der Waals surface area (Å²) < 4.78 is 15.6. The molecule has 0 radical (unpaired) electrons. The van der Waals surface area contributed by atoms with Crippen LogP contribution in [0.5, 0.6) is 5.75 Å². The molecule has 1 aliphatic carbocycles. The maximum Gasteiger partial charge on any atom is 0.235 e. The summed E-state index contributed by atoms with van der Waals surface area (Å²) in [6.07, 6.45) is 5.64. The molecule has 3 aliphatic rings. The van der Waals surface area contributed by atoms with Crippen LogP contribution >= 0.6 is 15.9 Å². The van der Waals surface area contributed by atoms with Gasteiger partial charge in [0.05, 0.1) is 35.9 Å². The van der Waals surface area contributed by atoms with Gasteiger partial charge in [-0.15, -0.1) is 0 Å². The molecule has 236 valence electrons. The minimum absolute atomic E-state index is 0.202. The summed E-state index contributed by atoms with van der Waals surface area (Å²) in [6, 6.07) is 12.6. The molecule has 2 amide bonds. The second kappa shape index (κ2) is 13.6. The average molecular weight is 667 g/mol. The number of anilines is 1. The van der Waals surface area contributed by atoms with Gasteiger partial charge in [0.15, 0.2) is 0 Å². The van der Waals surface area contributed by atoms with E-state index in [0.29, 0.717) is 24.9 Å². The maximum atomic E-state index is 12.5. The number of hydrogen-bond donors (Lipinski definition) is 1. The Morgan fingerprint density at radius 3 is 2.52 bits per heavy atom. The van der Waals surface area contributed by atoms with Crippen LogP contribution in [0.1, 0.15) is 62.6 Å². The van der Waals surface area contributed by atoms with Crippen molar-refractivity contribution in [2.75, 3.05) is 44.2 Å². The third kappa shape index (κ3) is 6.97. The number of benzene rings is 2. The largest absolute Gasteiger partial charge is 0.490 e. The van der Waals surface area contributed by atoms with Gasteiger partial charge in [-0.05, 0) is 75.3 Å². The van der Waals surface area contributed by atoms with Crippen molar-refractivity contribution in [3.63, 3.8) is 0 Å². The van der Waals surface area contributed by atoms with Crippen molar-refractivity contribution in [1.82, 2.24) is 20.0 Å². The first-order valence-corrected chi connectivity index (χ1v) is 16.9. The first-order valence-electron chi connectivity index (χ1n) is 16.1. The molecule has 44 heavy (non-hydrogen) atoms. The van der Waals surface area contributed by atoms with E-state index in [0.717, 1.165) is 97.4 Å². The topological polar surface area (TPSA) is 88.9 Å². The van der Waals surface area contributed by atoms with Crippen LogP contribution in [0.4, 0.5) is 5.69 Å². The number of hydrogen-bond acceptors (Lipinski definition) is 7. The van der Waals surface area contributed by atoms with E-state index in [2.05, 4.69) is 75.2 Å². The maximum absolute atomic E-state index is 12.5. The van der Waals surface area contributed by atoms with E-state index in [1.165, 1.54) is 5.69 Å². The number of rotatable bonds is 9. The SMILES string of the molecule is Cc1c(Br)cccc1OC1CCC(OC[C@@H](C)CN2CCN(c3ccc4c(C5CCC(=O)NC5=O)nn(C)c4c3)CC2)CC1. The summed E-state index contributed by atoms with van der Waals surface area (Å²) in [6.45, 7) is 10.2. The summed E-state index contributed by atoms with van der Waals surface area (Å²) in [5, 5.41) is 8.15. The van der Waals surface area contributed by atoms with E-state index in [4.69, 9.17) is 14.6 Å². The van der Waals surface area contributed by atoms with Crippen LogP contribution in [0, 0.1) is 12.8 Å². The molecule has 3 aromatic rings. The number of piperazine rings is 1. The predicted octanol–water partition coefficient (Wildman–Crippen LogP) is 5.33. The molecule has 1 N–H and O–H groups in total. The quantitative estimate of drug-likeness (QED) is 0.309. The van der Waals surface area contributed by atoms with Crippen molar-refractivity contribution in [3.8, 4) is 5.75 Å². The van der Waals surface area contributed by atoms with Gasteiger partial charge in [0.2, 0.25) is 11.8 Å². The fourth-order valence-electron chi connectivity index (χ4n) is 6.88. The fraction of sp³-hybridized carbons (Fsp3) is 0.559. The monoisotopic (exact) mass is 665 g/mol. The molecule has 3 fully saturated rings. The molecular formula is C34H44BrN5O4. The zero-order chi connectivity index (χ0) is 30.8. The third-order valence-corrected chi connectivity index (χ3v) is 10.3. The smallest absolute Gasteiger partial charge is 0.235 e. The van der Waals surface area contributed by atoms with E-state index < -0.39 is 0 Å². The van der Waals surface area contributed by atoms with Gasteiger partial charge in [-0.3, -0.25) is 24.5 Å². The van der Waals surface area contributed by atoms with Gasteiger partial charge in [0.25, 0.3) is 0 Å². The van der Waals surface area contributed by atoms with Crippen LogP contribution in [-0.2, 0) is 21.4 Å². The Hall–Kier alpha value is -2.95. The van der Waals surface area contributed by atoms with Gasteiger partial charge in [0, 0.05) is 67.3 Å². The average Bonchev–Trinajstić information content (AvgIpc) is 3.34. The highest BCUT2D eigenvalue weighted by Gasteiger charge is 2.32. The number of halogens is 1. The standard InChI is InChI=1S/C34H44BrN5O4/c1-22(21-43-25-8-10-26(11-9-25)44-31-6-4-5-29(35)23(31)2)20-39-15-17-40(18-16-39)24-7-12-27-30(19-24)38(3)37-33(27)28-13-14-32(41)36-34(28)42/h4-7,12,19,22,25-26,28H,8-11,13-18,20-21H2,1-3H3,(H,36,41,42)/t22-,25?,26?,28?/m0/s1. The number of nitrogens with zero attached hydrogens (tertiary/aromatic N) is 4. The second-order valence-corrected chi connectivity index (χ2v) is 13.7. The van der Waals surface area contributed by atoms with E-state index in [9.17, 15) is 9.59 Å². The fourth-order valence-corrected chi connectivity index (χ4v) is 7.22. The summed E-state index contributed by atoms with van der Waals surface area (Å²) in [7, 11) is 1.92. The second-order valence-electron chi connectivity index (χ2n) is 12.8. The van der Waals surface area contributed by atoms with E-state index in [1.54, 1.807) is 0 Å². The number of carbonyl (C=O) groups excluding carboxylic acids is 2. The lowest BCUT2D eigenvalue weighted by atomic mass is 9.93. The first kappa shape index (κ1) is 31.0. The van der Waals surface area contributed by atoms with Crippen molar-refractivity contribution < 1.29 is 19.1 Å². The number of fused-ring (bicyclic) bond motifs is 1. The molecule has 2 aromatic carbocycles. The molecular weight excluding hydrogens is 622 g/mol. The van der Waals surface area contributed by atoms with Crippen LogP contribution in [0.15, 0.2) is 40.9 Å². The molecule has 2 aliphatic heterocycles. The zero-order valence-electron chi connectivity index (χ0n) is 26.1. The molecule has 1 saturated carbocycles. The van der Waals surface area contributed by atoms with Crippen molar-refractivity contribution in [2.45, 2.75) is 70.5 Å². The number of aromatic nitrogens is 2. The molecule has 0 bridgehead atoms. The molecule has 0 spiro atoms. The highest BCUT2D eigenvalue weighted by molar-refractivity contribution is 9.10. The van der Waals surface area contributed by atoms with Gasteiger partial charge in [-0.2, -0.15) is 5.10 Å². The van der Waals surface area contributed by atoms with Gasteiger partial charge in [-0.1, -0.05) is 28.9 Å². The zero-order valence-corrected chi connectivity index (χ0v) is 27.6. The number of piperidine rings is 1. The lowest BCUT2D eigenvalue weighted by Gasteiger charge is -2.37. The van der Waals surface area contributed by atoms with Crippen LogP contribution in [0.3, 0.4) is 0 Å². The minimum atomic E-state index is -0.382. The number of aryl methyl sites for hydroxylation is 1.